The van der Waals surface area contributed by atoms with Gasteiger partial charge in [0, 0.05) is 5.56 Å². The lowest BCUT2D eigenvalue weighted by Crippen LogP contribution is -2.09. The maximum Gasteiger partial charge on any atom is 0.341 e. The van der Waals surface area contributed by atoms with Gasteiger partial charge >= 0.3 is 5.97 Å². The lowest BCUT2D eigenvalue weighted by atomic mass is 10.2. The van der Waals surface area contributed by atoms with Gasteiger partial charge < -0.3 is 9.84 Å². The molecule has 0 bridgehead atoms. The summed E-state index contributed by atoms with van der Waals surface area (Å²) in [5.41, 5.74) is 0.795. The standard InChI is InChI=1S/C10H10O3/c1-2-8-5-3-4-6-9(8)13-7-10(11)12/h2-6H,1,7H2,(H,11,12). The van der Waals surface area contributed by atoms with Crippen LogP contribution in [0.15, 0.2) is 30.8 Å². The highest BCUT2D eigenvalue weighted by molar-refractivity contribution is 5.69. The van der Waals surface area contributed by atoms with Gasteiger partial charge in [-0.25, -0.2) is 4.79 Å². The molecule has 68 valence electrons. The van der Waals surface area contributed by atoms with Gasteiger partial charge in [0.05, 0.1) is 0 Å². The van der Waals surface area contributed by atoms with Gasteiger partial charge in [0.15, 0.2) is 6.61 Å². The second-order valence-corrected chi connectivity index (χ2v) is 2.42. The first kappa shape index (κ1) is 9.32. The van der Waals surface area contributed by atoms with Gasteiger partial charge in [-0.15, -0.1) is 0 Å². The third kappa shape index (κ3) is 2.63. The lowest BCUT2D eigenvalue weighted by Gasteiger charge is -2.05. The SMILES string of the molecule is C=Cc1ccccc1OCC(=O)O. The van der Waals surface area contributed by atoms with Crippen molar-refractivity contribution in [2.24, 2.45) is 0 Å². The normalized spacial score (nSPS) is 9.23. The first-order valence-corrected chi connectivity index (χ1v) is 3.80. The van der Waals surface area contributed by atoms with Gasteiger partial charge in [0.2, 0.25) is 0 Å². The van der Waals surface area contributed by atoms with E-state index in [-0.39, 0.29) is 6.61 Å². The van der Waals surface area contributed by atoms with E-state index in [1.54, 1.807) is 18.2 Å². The molecule has 0 spiro atoms. The summed E-state index contributed by atoms with van der Waals surface area (Å²) in [7, 11) is 0. The molecule has 3 heteroatoms. The van der Waals surface area contributed by atoms with E-state index in [2.05, 4.69) is 6.58 Å². The summed E-state index contributed by atoms with van der Waals surface area (Å²) in [6.07, 6.45) is 1.62. The van der Waals surface area contributed by atoms with E-state index >= 15 is 0 Å². The molecule has 1 aromatic carbocycles. The number of carboxylic acid groups (broad SMARTS) is 1. The summed E-state index contributed by atoms with van der Waals surface area (Å²) in [6.45, 7) is 3.26. The van der Waals surface area contributed by atoms with Crippen molar-refractivity contribution in [1.82, 2.24) is 0 Å². The second-order valence-electron chi connectivity index (χ2n) is 2.42. The number of para-hydroxylation sites is 1. The van der Waals surface area contributed by atoms with Crippen LogP contribution in [0.3, 0.4) is 0 Å². The fraction of sp³-hybridized carbons (Fsp3) is 0.100. The number of hydrogen-bond donors (Lipinski definition) is 1. The van der Waals surface area contributed by atoms with Crippen molar-refractivity contribution in [3.8, 4) is 5.75 Å². The molecule has 0 aliphatic heterocycles. The summed E-state index contributed by atoms with van der Waals surface area (Å²) in [6, 6.07) is 7.14. The van der Waals surface area contributed by atoms with Gasteiger partial charge in [-0.1, -0.05) is 30.9 Å². The molecule has 0 aliphatic rings. The Hall–Kier alpha value is -1.77. The molecule has 0 atom stereocenters. The summed E-state index contributed by atoms with van der Waals surface area (Å²) in [5, 5.41) is 8.39. The van der Waals surface area contributed by atoms with Crippen molar-refractivity contribution in [2.45, 2.75) is 0 Å². The molecule has 0 saturated heterocycles. The highest BCUT2D eigenvalue weighted by atomic mass is 16.5. The van der Waals surface area contributed by atoms with Gasteiger partial charge in [-0.05, 0) is 6.07 Å². The first-order chi connectivity index (χ1) is 6.24. The average molecular weight is 178 g/mol. The van der Waals surface area contributed by atoms with Crippen molar-refractivity contribution in [3.05, 3.63) is 36.4 Å². The van der Waals surface area contributed by atoms with Crippen LogP contribution in [-0.2, 0) is 4.79 Å². The minimum absolute atomic E-state index is 0.329. The Balaban J connectivity index is 2.75. The average Bonchev–Trinajstić information content (AvgIpc) is 2.15. The van der Waals surface area contributed by atoms with Crippen LogP contribution in [0.25, 0.3) is 6.08 Å². The fourth-order valence-corrected chi connectivity index (χ4v) is 0.920. The Morgan fingerprint density at radius 1 is 1.54 bits per heavy atom. The number of hydrogen-bond acceptors (Lipinski definition) is 2. The van der Waals surface area contributed by atoms with E-state index in [0.717, 1.165) is 5.56 Å². The third-order valence-electron chi connectivity index (χ3n) is 1.49. The summed E-state index contributed by atoms with van der Waals surface area (Å²) in [5.74, 6) is -0.446. The molecular formula is C10H10O3. The zero-order valence-electron chi connectivity index (χ0n) is 7.06. The zero-order valence-corrected chi connectivity index (χ0v) is 7.06. The topological polar surface area (TPSA) is 46.5 Å². The minimum Gasteiger partial charge on any atom is -0.481 e. The van der Waals surface area contributed by atoms with Crippen molar-refractivity contribution in [1.29, 1.82) is 0 Å². The number of rotatable bonds is 4. The zero-order chi connectivity index (χ0) is 9.68. The highest BCUT2D eigenvalue weighted by Gasteiger charge is 2.01. The largest absolute Gasteiger partial charge is 0.481 e. The lowest BCUT2D eigenvalue weighted by molar-refractivity contribution is -0.139. The van der Waals surface area contributed by atoms with Gasteiger partial charge in [0.25, 0.3) is 0 Å². The molecule has 3 nitrogen and oxygen atoms in total. The molecule has 1 rings (SSSR count). The minimum atomic E-state index is -0.987. The number of aliphatic carboxylic acids is 1. The van der Waals surface area contributed by atoms with Crippen LogP contribution in [0.5, 0.6) is 5.75 Å². The van der Waals surface area contributed by atoms with E-state index in [1.807, 2.05) is 12.1 Å². The van der Waals surface area contributed by atoms with Crippen molar-refractivity contribution in [3.63, 3.8) is 0 Å². The molecule has 0 amide bonds. The van der Waals surface area contributed by atoms with Crippen LogP contribution in [0.2, 0.25) is 0 Å². The van der Waals surface area contributed by atoms with Crippen molar-refractivity contribution in [2.75, 3.05) is 6.61 Å². The maximum absolute atomic E-state index is 10.2. The Bertz CT molecular complexity index is 318. The molecule has 0 unspecified atom stereocenters. The van der Waals surface area contributed by atoms with Crippen LogP contribution in [0.4, 0.5) is 0 Å². The van der Waals surface area contributed by atoms with Crippen LogP contribution in [0, 0.1) is 0 Å². The van der Waals surface area contributed by atoms with E-state index in [4.69, 9.17) is 9.84 Å². The number of carbonyl (C=O) groups is 1. The maximum atomic E-state index is 10.2. The summed E-state index contributed by atoms with van der Waals surface area (Å²) in [4.78, 5) is 10.2. The monoisotopic (exact) mass is 178 g/mol. The smallest absolute Gasteiger partial charge is 0.341 e. The highest BCUT2D eigenvalue weighted by Crippen LogP contribution is 2.18. The Kier molecular flexibility index (Phi) is 3.09. The predicted octanol–water partition coefficient (Wildman–Crippen LogP) is 1.79. The molecule has 0 aromatic heterocycles. The van der Waals surface area contributed by atoms with Crippen molar-refractivity contribution < 1.29 is 14.6 Å². The summed E-state index contributed by atoms with van der Waals surface area (Å²) < 4.78 is 5.02. The third-order valence-corrected chi connectivity index (χ3v) is 1.49. The molecule has 0 aliphatic carbocycles. The fourth-order valence-electron chi connectivity index (χ4n) is 0.920. The number of carboxylic acids is 1. The van der Waals surface area contributed by atoms with Gasteiger partial charge in [0.1, 0.15) is 5.75 Å². The molecule has 1 N–H and O–H groups in total. The van der Waals surface area contributed by atoms with Crippen molar-refractivity contribution >= 4 is 12.0 Å². The van der Waals surface area contributed by atoms with E-state index < -0.39 is 5.97 Å². The van der Waals surface area contributed by atoms with Crippen LogP contribution >= 0.6 is 0 Å². The van der Waals surface area contributed by atoms with E-state index in [1.165, 1.54) is 0 Å². The van der Waals surface area contributed by atoms with E-state index in [0.29, 0.717) is 5.75 Å². The van der Waals surface area contributed by atoms with Gasteiger partial charge in [-0.2, -0.15) is 0 Å². The molecule has 0 radical (unpaired) electrons. The van der Waals surface area contributed by atoms with Crippen LogP contribution < -0.4 is 4.74 Å². The van der Waals surface area contributed by atoms with Crippen LogP contribution in [0.1, 0.15) is 5.56 Å². The Morgan fingerprint density at radius 2 is 2.23 bits per heavy atom. The van der Waals surface area contributed by atoms with Crippen LogP contribution in [-0.4, -0.2) is 17.7 Å². The molecule has 0 fully saturated rings. The molecule has 0 heterocycles. The molecular weight excluding hydrogens is 168 g/mol. The predicted molar refractivity (Wildman–Crippen MR) is 49.7 cm³/mol. The second kappa shape index (κ2) is 4.30. The van der Waals surface area contributed by atoms with E-state index in [9.17, 15) is 4.79 Å². The van der Waals surface area contributed by atoms with Gasteiger partial charge in [-0.3, -0.25) is 0 Å². The number of benzene rings is 1. The number of ether oxygens (including phenoxy) is 1. The first-order valence-electron chi connectivity index (χ1n) is 3.80. The molecule has 1 aromatic rings. The summed E-state index contributed by atoms with van der Waals surface area (Å²) >= 11 is 0. The molecule has 0 saturated carbocycles. The quantitative estimate of drug-likeness (QED) is 0.764. The Labute approximate surface area is 76.3 Å². The molecule has 13 heavy (non-hydrogen) atoms. The Morgan fingerprint density at radius 3 is 2.85 bits per heavy atom.